The van der Waals surface area contributed by atoms with Crippen molar-refractivity contribution < 1.29 is 29.0 Å². The summed E-state index contributed by atoms with van der Waals surface area (Å²) in [5.41, 5.74) is 0.717. The topological polar surface area (TPSA) is 102 Å². The number of carbonyl (C=O) groups excluding carboxylic acids is 2. The molecule has 1 aromatic carbocycles. The van der Waals surface area contributed by atoms with Crippen molar-refractivity contribution in [3.63, 3.8) is 0 Å². The van der Waals surface area contributed by atoms with Gasteiger partial charge < -0.3 is 14.6 Å². The fraction of sp³-hybridized carbons (Fsp3) is 0.214. The molecule has 1 rings (SSSR count). The Bertz CT molecular complexity index is 548. The molecule has 0 fully saturated rings. The van der Waals surface area contributed by atoms with E-state index in [1.165, 1.54) is 0 Å². The number of carboxylic acids is 1. The van der Waals surface area contributed by atoms with Crippen LogP contribution in [0, 0.1) is 12.3 Å². The van der Waals surface area contributed by atoms with Gasteiger partial charge in [0.2, 0.25) is 6.04 Å². The number of aliphatic carboxylic acids is 1. The Morgan fingerprint density at radius 2 is 1.90 bits per heavy atom. The zero-order chi connectivity index (χ0) is 15.7. The summed E-state index contributed by atoms with van der Waals surface area (Å²) in [6, 6.07) is 6.89. The van der Waals surface area contributed by atoms with Gasteiger partial charge >= 0.3 is 18.0 Å². The molecule has 0 aliphatic rings. The van der Waals surface area contributed by atoms with E-state index in [1.54, 1.807) is 30.3 Å². The highest BCUT2D eigenvalue weighted by atomic mass is 16.6. The summed E-state index contributed by atoms with van der Waals surface area (Å²) in [5.74, 6) is -0.732. The molecule has 0 saturated heterocycles. The van der Waals surface area contributed by atoms with E-state index >= 15 is 0 Å². The fourth-order valence-electron chi connectivity index (χ4n) is 1.30. The number of ether oxygens (including phenoxy) is 2. The number of rotatable bonds is 6. The zero-order valence-electron chi connectivity index (χ0n) is 10.9. The van der Waals surface area contributed by atoms with Crippen molar-refractivity contribution in [2.45, 2.75) is 12.6 Å². The average molecular weight is 291 g/mol. The van der Waals surface area contributed by atoms with Gasteiger partial charge in [-0.25, -0.2) is 14.4 Å². The Kier molecular flexibility index (Phi) is 6.28. The molecule has 1 unspecified atom stereocenters. The van der Waals surface area contributed by atoms with E-state index in [0.717, 1.165) is 5.56 Å². The van der Waals surface area contributed by atoms with Crippen LogP contribution in [0.4, 0.5) is 4.79 Å². The first-order valence-electron chi connectivity index (χ1n) is 5.84. The predicted molar refractivity (Wildman–Crippen MR) is 71.0 cm³/mol. The average Bonchev–Trinajstić information content (AvgIpc) is 2.49. The molecular weight excluding hydrogens is 278 g/mol. The Morgan fingerprint density at radius 3 is 2.48 bits per heavy atom. The first kappa shape index (κ1) is 16.0. The molecule has 7 nitrogen and oxygen atoms in total. The maximum Gasteiger partial charge on any atom is 0.408 e. The van der Waals surface area contributed by atoms with Crippen LogP contribution in [0.1, 0.15) is 5.56 Å². The van der Waals surface area contributed by atoms with E-state index in [-0.39, 0.29) is 13.2 Å². The molecule has 0 aliphatic heterocycles. The second-order valence-electron chi connectivity index (χ2n) is 3.79. The molecule has 0 aliphatic carbocycles. The minimum atomic E-state index is -1.87. The lowest BCUT2D eigenvalue weighted by Crippen LogP contribution is -2.47. The number of benzene rings is 1. The van der Waals surface area contributed by atoms with Crippen molar-refractivity contribution in [2.24, 2.45) is 0 Å². The van der Waals surface area contributed by atoms with Gasteiger partial charge in [-0.05, 0) is 5.56 Å². The van der Waals surface area contributed by atoms with Gasteiger partial charge in [-0.15, -0.1) is 6.42 Å². The Morgan fingerprint density at radius 1 is 1.24 bits per heavy atom. The summed E-state index contributed by atoms with van der Waals surface area (Å²) in [4.78, 5) is 33.7. The number of carboxylic acid groups (broad SMARTS) is 1. The van der Waals surface area contributed by atoms with Crippen LogP contribution in [-0.4, -0.2) is 35.8 Å². The smallest absolute Gasteiger partial charge is 0.408 e. The molecule has 21 heavy (non-hydrogen) atoms. The van der Waals surface area contributed by atoms with Crippen LogP contribution in [0.2, 0.25) is 0 Å². The van der Waals surface area contributed by atoms with E-state index in [2.05, 4.69) is 4.74 Å². The van der Waals surface area contributed by atoms with E-state index in [0.29, 0.717) is 0 Å². The quantitative estimate of drug-likeness (QED) is 0.450. The highest BCUT2D eigenvalue weighted by Crippen LogP contribution is 2.01. The number of amides is 1. The van der Waals surface area contributed by atoms with Gasteiger partial charge in [0.25, 0.3) is 0 Å². The third-order valence-electron chi connectivity index (χ3n) is 2.26. The first-order chi connectivity index (χ1) is 10.0. The SMILES string of the molecule is C#CCOC(=O)C(NC(=O)OCc1ccccc1)C(=O)O. The molecule has 7 heteroatoms. The third-order valence-corrected chi connectivity index (χ3v) is 2.26. The molecule has 110 valence electrons. The van der Waals surface area contributed by atoms with Crippen LogP contribution in [0.5, 0.6) is 0 Å². The lowest BCUT2D eigenvalue weighted by Gasteiger charge is -2.13. The standard InChI is InChI=1S/C14H13NO6/c1-2-8-20-13(18)11(12(16)17)15-14(19)21-9-10-6-4-3-5-7-10/h1,3-7,11H,8-9H2,(H,15,19)(H,16,17). The maximum atomic E-state index is 11.5. The Hall–Kier alpha value is -3.01. The zero-order valence-corrected chi connectivity index (χ0v) is 10.9. The second-order valence-corrected chi connectivity index (χ2v) is 3.79. The summed E-state index contributed by atoms with van der Waals surface area (Å²) >= 11 is 0. The first-order valence-corrected chi connectivity index (χ1v) is 5.84. The second kappa shape index (κ2) is 8.22. The summed E-state index contributed by atoms with van der Waals surface area (Å²) in [7, 11) is 0. The number of esters is 1. The summed E-state index contributed by atoms with van der Waals surface area (Å²) in [5, 5.41) is 10.7. The number of hydrogen-bond donors (Lipinski definition) is 2. The molecule has 2 N–H and O–H groups in total. The highest BCUT2D eigenvalue weighted by Gasteiger charge is 2.30. The number of nitrogens with one attached hydrogen (secondary N) is 1. The van der Waals surface area contributed by atoms with Crippen molar-refractivity contribution >= 4 is 18.0 Å². The van der Waals surface area contributed by atoms with Gasteiger partial charge in [0.15, 0.2) is 6.61 Å². The van der Waals surface area contributed by atoms with E-state index in [9.17, 15) is 14.4 Å². The Balaban J connectivity index is 2.51. The van der Waals surface area contributed by atoms with Crippen molar-refractivity contribution in [3.05, 3.63) is 35.9 Å². The van der Waals surface area contributed by atoms with Crippen molar-refractivity contribution in [2.75, 3.05) is 6.61 Å². The molecule has 0 saturated carbocycles. The highest BCUT2D eigenvalue weighted by molar-refractivity contribution is 6.00. The Labute approximate surface area is 120 Å². The lowest BCUT2D eigenvalue weighted by molar-refractivity contribution is -0.154. The lowest BCUT2D eigenvalue weighted by atomic mass is 10.2. The monoisotopic (exact) mass is 291 g/mol. The van der Waals surface area contributed by atoms with Gasteiger partial charge in [-0.2, -0.15) is 0 Å². The molecule has 1 aromatic rings. The summed E-state index contributed by atoms with van der Waals surface area (Å²) < 4.78 is 9.25. The van der Waals surface area contributed by atoms with Crippen LogP contribution < -0.4 is 5.32 Å². The van der Waals surface area contributed by atoms with Gasteiger partial charge in [-0.1, -0.05) is 36.3 Å². The van der Waals surface area contributed by atoms with E-state index in [4.69, 9.17) is 16.3 Å². The van der Waals surface area contributed by atoms with Gasteiger partial charge in [-0.3, -0.25) is 5.32 Å². The number of hydrogen-bond acceptors (Lipinski definition) is 5. The van der Waals surface area contributed by atoms with Gasteiger partial charge in [0.05, 0.1) is 0 Å². The minimum absolute atomic E-state index is 0.0571. The summed E-state index contributed by atoms with van der Waals surface area (Å²) in [6.07, 6.45) is 3.83. The van der Waals surface area contributed by atoms with Crippen molar-refractivity contribution in [3.8, 4) is 12.3 Å². The van der Waals surface area contributed by atoms with Crippen LogP contribution in [0.15, 0.2) is 30.3 Å². The normalized spacial score (nSPS) is 10.8. The van der Waals surface area contributed by atoms with Crippen LogP contribution >= 0.6 is 0 Å². The third kappa shape index (κ3) is 5.65. The van der Waals surface area contributed by atoms with E-state index < -0.39 is 24.1 Å². The molecule has 1 atom stereocenters. The number of alkyl carbamates (subject to hydrolysis) is 1. The van der Waals surface area contributed by atoms with E-state index in [1.807, 2.05) is 11.2 Å². The van der Waals surface area contributed by atoms with Crippen LogP contribution in [-0.2, 0) is 25.7 Å². The number of terminal acetylenes is 1. The van der Waals surface area contributed by atoms with Crippen LogP contribution in [0.3, 0.4) is 0 Å². The van der Waals surface area contributed by atoms with Crippen molar-refractivity contribution in [1.29, 1.82) is 0 Å². The molecular formula is C14H13NO6. The predicted octanol–water partition coefficient (Wildman–Crippen LogP) is 0.542. The van der Waals surface area contributed by atoms with Gasteiger partial charge in [0.1, 0.15) is 6.61 Å². The molecule has 0 spiro atoms. The molecule has 1 amide bonds. The molecule has 0 radical (unpaired) electrons. The number of carbonyl (C=O) groups is 3. The molecule has 0 bridgehead atoms. The summed E-state index contributed by atoms with van der Waals surface area (Å²) in [6.45, 7) is -0.443. The van der Waals surface area contributed by atoms with Crippen molar-refractivity contribution in [1.82, 2.24) is 5.32 Å². The van der Waals surface area contributed by atoms with Crippen LogP contribution in [0.25, 0.3) is 0 Å². The molecule has 0 aromatic heterocycles. The largest absolute Gasteiger partial charge is 0.479 e. The fourth-order valence-corrected chi connectivity index (χ4v) is 1.30. The maximum absolute atomic E-state index is 11.5. The minimum Gasteiger partial charge on any atom is -0.479 e. The van der Waals surface area contributed by atoms with Gasteiger partial charge in [0, 0.05) is 0 Å². The molecule has 0 heterocycles.